The molecule has 1 amide bonds. The molecule has 1 aliphatic rings. The lowest BCUT2D eigenvalue weighted by atomic mass is 9.96. The van der Waals surface area contributed by atoms with E-state index in [0.717, 1.165) is 21.1 Å². The van der Waals surface area contributed by atoms with Crippen molar-refractivity contribution in [1.29, 1.82) is 0 Å². The van der Waals surface area contributed by atoms with Gasteiger partial charge in [0, 0.05) is 23.5 Å². The zero-order chi connectivity index (χ0) is 14.0. The minimum absolute atomic E-state index is 0.0364. The molecule has 1 aromatic heterocycles. The number of halogens is 2. The number of carbonyl (C=O) groups is 1. The van der Waals surface area contributed by atoms with Crippen LogP contribution in [0.5, 0.6) is 0 Å². The number of oxime groups is 1. The summed E-state index contributed by atoms with van der Waals surface area (Å²) in [6.45, 7) is 1.26. The molecule has 0 aromatic carbocycles. The molecule has 1 saturated heterocycles. The van der Waals surface area contributed by atoms with Gasteiger partial charge in [-0.25, -0.2) is 0 Å². The smallest absolute Gasteiger partial charge is 0.264 e. The number of thiophene rings is 1. The SMILES string of the molecule is NC(=NO)C1CCN(C(=O)c2cc(Br)c(Br)s2)CC1. The van der Waals surface area contributed by atoms with Crippen molar-refractivity contribution < 1.29 is 10.0 Å². The van der Waals surface area contributed by atoms with E-state index >= 15 is 0 Å². The first kappa shape index (κ1) is 14.8. The van der Waals surface area contributed by atoms with E-state index < -0.39 is 0 Å². The summed E-state index contributed by atoms with van der Waals surface area (Å²) in [5.41, 5.74) is 5.59. The number of likely N-dealkylation sites (tertiary alicyclic amines) is 1. The van der Waals surface area contributed by atoms with Gasteiger partial charge in [-0.05, 0) is 50.8 Å². The second-order valence-corrected chi connectivity index (χ2v) is 7.55. The number of amidine groups is 1. The Morgan fingerprint density at radius 2 is 2.11 bits per heavy atom. The minimum atomic E-state index is 0.0364. The monoisotopic (exact) mass is 409 g/mol. The van der Waals surface area contributed by atoms with Crippen LogP contribution in [0, 0.1) is 5.92 Å². The molecule has 0 spiro atoms. The van der Waals surface area contributed by atoms with Gasteiger partial charge in [0.1, 0.15) is 5.84 Å². The summed E-state index contributed by atoms with van der Waals surface area (Å²) in [7, 11) is 0. The topological polar surface area (TPSA) is 78.9 Å². The van der Waals surface area contributed by atoms with Crippen molar-refractivity contribution in [2.24, 2.45) is 16.8 Å². The summed E-state index contributed by atoms with van der Waals surface area (Å²) >= 11 is 8.18. The van der Waals surface area contributed by atoms with Crippen molar-refractivity contribution in [3.05, 3.63) is 19.2 Å². The first-order valence-corrected chi connectivity index (χ1v) is 8.14. The lowest BCUT2D eigenvalue weighted by Crippen LogP contribution is -2.41. The lowest BCUT2D eigenvalue weighted by Gasteiger charge is -2.31. The standard InChI is InChI=1S/C11H13Br2N3O2S/c12-7-5-8(19-9(7)13)11(17)16-3-1-6(2-4-16)10(14)15-18/h5-6,18H,1-4H2,(H2,14,15). The summed E-state index contributed by atoms with van der Waals surface area (Å²) in [4.78, 5) is 14.8. The van der Waals surface area contributed by atoms with Gasteiger partial charge in [-0.3, -0.25) is 4.79 Å². The van der Waals surface area contributed by atoms with Gasteiger partial charge in [-0.1, -0.05) is 5.16 Å². The molecule has 0 aliphatic carbocycles. The zero-order valence-electron chi connectivity index (χ0n) is 9.97. The van der Waals surface area contributed by atoms with E-state index in [9.17, 15) is 4.79 Å². The Kier molecular flexibility index (Phi) is 4.86. The van der Waals surface area contributed by atoms with Crippen LogP contribution in [0.15, 0.2) is 19.5 Å². The van der Waals surface area contributed by atoms with E-state index in [-0.39, 0.29) is 17.7 Å². The van der Waals surface area contributed by atoms with Gasteiger partial charge >= 0.3 is 0 Å². The van der Waals surface area contributed by atoms with Crippen molar-refractivity contribution in [1.82, 2.24) is 4.90 Å². The van der Waals surface area contributed by atoms with E-state index in [0.29, 0.717) is 18.0 Å². The van der Waals surface area contributed by atoms with Gasteiger partial charge in [0.15, 0.2) is 0 Å². The molecule has 104 valence electrons. The van der Waals surface area contributed by atoms with Gasteiger partial charge in [0.2, 0.25) is 0 Å². The maximum Gasteiger partial charge on any atom is 0.264 e. The van der Waals surface area contributed by atoms with Gasteiger partial charge in [-0.2, -0.15) is 0 Å². The summed E-state index contributed by atoms with van der Waals surface area (Å²) in [6.07, 6.45) is 1.46. The largest absolute Gasteiger partial charge is 0.409 e. The van der Waals surface area contributed by atoms with E-state index in [1.54, 1.807) is 0 Å². The molecule has 0 bridgehead atoms. The molecule has 1 aromatic rings. The van der Waals surface area contributed by atoms with Crippen LogP contribution in [0.4, 0.5) is 0 Å². The van der Waals surface area contributed by atoms with E-state index in [2.05, 4.69) is 37.0 Å². The molecule has 1 aliphatic heterocycles. The normalized spacial score (nSPS) is 17.8. The van der Waals surface area contributed by atoms with Gasteiger partial charge in [0.25, 0.3) is 5.91 Å². The molecule has 2 rings (SSSR count). The Bertz CT molecular complexity index is 491. The highest BCUT2D eigenvalue weighted by Gasteiger charge is 2.26. The average Bonchev–Trinajstić information content (AvgIpc) is 2.77. The predicted octanol–water partition coefficient (Wildman–Crippen LogP) is 2.87. The van der Waals surface area contributed by atoms with Crippen LogP contribution in [0.1, 0.15) is 22.5 Å². The molecular formula is C11H13Br2N3O2S. The fraction of sp³-hybridized carbons (Fsp3) is 0.455. The van der Waals surface area contributed by atoms with Crippen molar-refractivity contribution in [2.45, 2.75) is 12.8 Å². The zero-order valence-corrected chi connectivity index (χ0v) is 14.0. The van der Waals surface area contributed by atoms with Crippen LogP contribution in [0.3, 0.4) is 0 Å². The van der Waals surface area contributed by atoms with Crippen LogP contribution in [-0.4, -0.2) is 34.9 Å². The molecule has 8 heteroatoms. The first-order chi connectivity index (χ1) is 9.02. The number of carbonyl (C=O) groups excluding carboxylic acids is 1. The molecule has 0 unspecified atom stereocenters. The summed E-state index contributed by atoms with van der Waals surface area (Å²) in [5, 5.41) is 11.7. The Morgan fingerprint density at radius 1 is 1.47 bits per heavy atom. The molecule has 3 N–H and O–H groups in total. The number of nitrogens with two attached hydrogens (primary N) is 1. The van der Waals surface area contributed by atoms with E-state index in [1.165, 1.54) is 11.3 Å². The average molecular weight is 411 g/mol. The number of nitrogens with zero attached hydrogens (tertiary/aromatic N) is 2. The Balaban J connectivity index is 2.00. The van der Waals surface area contributed by atoms with Crippen LogP contribution in [0.2, 0.25) is 0 Å². The van der Waals surface area contributed by atoms with Crippen LogP contribution < -0.4 is 5.73 Å². The number of piperidine rings is 1. The quantitative estimate of drug-likeness (QED) is 0.340. The maximum absolute atomic E-state index is 12.3. The number of hydrogen-bond donors (Lipinski definition) is 2. The molecule has 0 radical (unpaired) electrons. The Hall–Kier alpha value is -0.600. The molecule has 2 heterocycles. The second kappa shape index (κ2) is 6.23. The molecule has 1 fully saturated rings. The molecule has 0 atom stereocenters. The molecule has 19 heavy (non-hydrogen) atoms. The fourth-order valence-corrected chi connectivity index (χ4v) is 4.07. The lowest BCUT2D eigenvalue weighted by molar-refractivity contribution is 0.0714. The third-order valence-electron chi connectivity index (χ3n) is 3.17. The first-order valence-electron chi connectivity index (χ1n) is 5.74. The summed E-state index contributed by atoms with van der Waals surface area (Å²) in [5.74, 6) is 0.360. The third-order valence-corrected chi connectivity index (χ3v) is 6.42. The van der Waals surface area contributed by atoms with Crippen molar-refractivity contribution >= 4 is 54.9 Å². The van der Waals surface area contributed by atoms with Gasteiger partial charge < -0.3 is 15.8 Å². The van der Waals surface area contributed by atoms with Crippen LogP contribution in [-0.2, 0) is 0 Å². The fourth-order valence-electron chi connectivity index (χ4n) is 2.07. The summed E-state index contributed by atoms with van der Waals surface area (Å²) in [6, 6.07) is 1.83. The highest BCUT2D eigenvalue weighted by molar-refractivity contribution is 9.13. The van der Waals surface area contributed by atoms with Crippen molar-refractivity contribution in [2.75, 3.05) is 13.1 Å². The molecular weight excluding hydrogens is 398 g/mol. The number of rotatable bonds is 2. The van der Waals surface area contributed by atoms with E-state index in [4.69, 9.17) is 10.9 Å². The highest BCUT2D eigenvalue weighted by Crippen LogP contribution is 2.33. The second-order valence-electron chi connectivity index (χ2n) is 4.32. The van der Waals surface area contributed by atoms with Crippen molar-refractivity contribution in [3.63, 3.8) is 0 Å². The predicted molar refractivity (Wildman–Crippen MR) is 81.8 cm³/mol. The number of hydrogen-bond acceptors (Lipinski definition) is 4. The Labute approximate surface area is 131 Å². The summed E-state index contributed by atoms with van der Waals surface area (Å²) < 4.78 is 1.81. The number of amides is 1. The van der Waals surface area contributed by atoms with Gasteiger partial charge in [-0.15, -0.1) is 11.3 Å². The molecule has 0 saturated carbocycles. The van der Waals surface area contributed by atoms with Crippen molar-refractivity contribution in [3.8, 4) is 0 Å². The van der Waals surface area contributed by atoms with Crippen LogP contribution in [0.25, 0.3) is 0 Å². The Morgan fingerprint density at radius 3 is 2.58 bits per heavy atom. The minimum Gasteiger partial charge on any atom is -0.409 e. The highest BCUT2D eigenvalue weighted by atomic mass is 79.9. The maximum atomic E-state index is 12.3. The third kappa shape index (κ3) is 3.29. The van der Waals surface area contributed by atoms with Crippen LogP contribution >= 0.6 is 43.2 Å². The molecule has 5 nitrogen and oxygen atoms in total. The van der Waals surface area contributed by atoms with E-state index in [1.807, 2.05) is 11.0 Å². The van der Waals surface area contributed by atoms with Gasteiger partial charge in [0.05, 0.1) is 8.66 Å².